The van der Waals surface area contributed by atoms with E-state index in [1.165, 1.54) is 6.33 Å². The summed E-state index contributed by atoms with van der Waals surface area (Å²) >= 11 is 0. The van der Waals surface area contributed by atoms with Crippen LogP contribution in [-0.4, -0.2) is 28.3 Å². The topological polar surface area (TPSA) is 75.2 Å². The van der Waals surface area contributed by atoms with Crippen LogP contribution < -0.4 is 10.2 Å². The summed E-state index contributed by atoms with van der Waals surface area (Å²) in [7, 11) is 0. The van der Waals surface area contributed by atoms with E-state index in [4.69, 9.17) is 0 Å². The van der Waals surface area contributed by atoms with Crippen molar-refractivity contribution in [3.05, 3.63) is 108 Å². The zero-order chi connectivity index (χ0) is 22.8. The van der Waals surface area contributed by atoms with Crippen LogP contribution in [0.5, 0.6) is 0 Å². The first-order valence-electron chi connectivity index (χ1n) is 10.8. The average molecular weight is 434 g/mol. The number of rotatable bonds is 3. The number of hydrogen-bond acceptors (Lipinski definition) is 4. The van der Waals surface area contributed by atoms with Crippen molar-refractivity contribution in [1.82, 2.24) is 9.97 Å². The van der Waals surface area contributed by atoms with E-state index in [1.807, 2.05) is 55.6 Å². The molecule has 6 heteroatoms. The van der Waals surface area contributed by atoms with Crippen LogP contribution in [-0.2, 0) is 6.42 Å². The Bertz CT molecular complexity index is 1350. The Hall–Kier alpha value is -4.32. The predicted octanol–water partition coefficient (Wildman–Crippen LogP) is 4.91. The summed E-state index contributed by atoms with van der Waals surface area (Å²) < 4.78 is 0. The molecule has 0 spiro atoms. The number of benzene rings is 3. The number of nitrogens with zero attached hydrogens (tertiary/aromatic N) is 3. The first-order valence-corrected chi connectivity index (χ1v) is 10.8. The summed E-state index contributed by atoms with van der Waals surface area (Å²) in [5, 5.41) is 2.90. The third-order valence-corrected chi connectivity index (χ3v) is 5.87. The van der Waals surface area contributed by atoms with Gasteiger partial charge in [-0.1, -0.05) is 36.4 Å². The smallest absolute Gasteiger partial charge is 0.258 e. The molecule has 6 nitrogen and oxygen atoms in total. The van der Waals surface area contributed by atoms with E-state index in [0.29, 0.717) is 29.8 Å². The maximum Gasteiger partial charge on any atom is 0.258 e. The molecule has 2 amide bonds. The monoisotopic (exact) mass is 434 g/mol. The minimum absolute atomic E-state index is 0.0972. The molecule has 1 N–H and O–H groups in total. The molecule has 162 valence electrons. The Morgan fingerprint density at radius 2 is 1.70 bits per heavy atom. The highest BCUT2D eigenvalue weighted by molar-refractivity contribution is 6.09. The average Bonchev–Trinajstić information content (AvgIpc) is 3.01. The molecule has 1 aromatic heterocycles. The van der Waals surface area contributed by atoms with Crippen molar-refractivity contribution < 1.29 is 9.59 Å². The second-order valence-electron chi connectivity index (χ2n) is 7.97. The number of carbonyl (C=O) groups is 2. The van der Waals surface area contributed by atoms with Gasteiger partial charge in [0.2, 0.25) is 0 Å². The van der Waals surface area contributed by atoms with Gasteiger partial charge in [-0.25, -0.2) is 9.97 Å². The molecule has 0 aliphatic carbocycles. The molecule has 1 aliphatic heterocycles. The molecular weight excluding hydrogens is 412 g/mol. The van der Waals surface area contributed by atoms with E-state index in [2.05, 4.69) is 15.3 Å². The lowest BCUT2D eigenvalue weighted by molar-refractivity contribution is 0.0986. The number of anilines is 2. The minimum Gasteiger partial charge on any atom is -0.322 e. The van der Waals surface area contributed by atoms with E-state index in [1.54, 1.807) is 35.2 Å². The van der Waals surface area contributed by atoms with Crippen LogP contribution in [0, 0.1) is 6.92 Å². The second kappa shape index (κ2) is 8.67. The van der Waals surface area contributed by atoms with Gasteiger partial charge in [0.1, 0.15) is 6.33 Å². The van der Waals surface area contributed by atoms with Crippen molar-refractivity contribution >= 4 is 23.2 Å². The first-order chi connectivity index (χ1) is 16.1. The summed E-state index contributed by atoms with van der Waals surface area (Å²) in [5.74, 6) is -0.271. The molecule has 5 rings (SSSR count). The van der Waals surface area contributed by atoms with Crippen LogP contribution in [0.4, 0.5) is 11.4 Å². The number of hydrogen-bond donors (Lipinski definition) is 1. The largest absolute Gasteiger partial charge is 0.322 e. The number of carbonyl (C=O) groups excluding carboxylic acids is 2. The van der Waals surface area contributed by atoms with Gasteiger partial charge >= 0.3 is 0 Å². The number of para-hydroxylation sites is 1. The van der Waals surface area contributed by atoms with Gasteiger partial charge in [0.05, 0.1) is 11.4 Å². The SMILES string of the molecule is Cc1ccccc1C(=O)Nc1ccc(C(=O)N2CCc3cncnc3-c3ccccc32)cc1. The highest BCUT2D eigenvalue weighted by atomic mass is 16.2. The molecule has 4 aromatic rings. The molecule has 1 aliphatic rings. The van der Waals surface area contributed by atoms with E-state index in [-0.39, 0.29) is 11.8 Å². The summed E-state index contributed by atoms with van der Waals surface area (Å²) in [4.78, 5) is 36.5. The fourth-order valence-electron chi connectivity index (χ4n) is 4.13. The minimum atomic E-state index is -0.174. The number of aryl methyl sites for hydroxylation is 1. The van der Waals surface area contributed by atoms with Gasteiger partial charge in [-0.05, 0) is 60.9 Å². The molecular formula is C27H22N4O2. The maximum absolute atomic E-state index is 13.5. The van der Waals surface area contributed by atoms with E-state index in [9.17, 15) is 9.59 Å². The van der Waals surface area contributed by atoms with Gasteiger partial charge < -0.3 is 10.2 Å². The standard InChI is InChI=1S/C27H22N4O2/c1-18-6-2-3-7-22(18)26(32)30-21-12-10-19(11-13-21)27(33)31-15-14-20-16-28-17-29-25(20)23-8-4-5-9-24(23)31/h2-13,16-17H,14-15H2,1H3,(H,30,32). The van der Waals surface area contributed by atoms with Gasteiger partial charge in [0.25, 0.3) is 11.8 Å². The Kier molecular flexibility index (Phi) is 5.40. The summed E-state index contributed by atoms with van der Waals surface area (Å²) in [5.41, 5.74) is 6.36. The molecule has 0 saturated heterocycles. The van der Waals surface area contributed by atoms with Crippen molar-refractivity contribution in [1.29, 1.82) is 0 Å². The molecule has 0 unspecified atom stereocenters. The van der Waals surface area contributed by atoms with Crippen LogP contribution in [0.2, 0.25) is 0 Å². The van der Waals surface area contributed by atoms with E-state index in [0.717, 1.165) is 28.1 Å². The van der Waals surface area contributed by atoms with Crippen molar-refractivity contribution in [2.45, 2.75) is 13.3 Å². The van der Waals surface area contributed by atoms with Crippen molar-refractivity contribution in [2.75, 3.05) is 16.8 Å². The number of nitrogens with one attached hydrogen (secondary N) is 1. The van der Waals surface area contributed by atoms with Crippen LogP contribution in [0.3, 0.4) is 0 Å². The van der Waals surface area contributed by atoms with Gasteiger partial charge in [0, 0.05) is 35.1 Å². The Morgan fingerprint density at radius 3 is 2.52 bits per heavy atom. The van der Waals surface area contributed by atoms with Crippen LogP contribution in [0.1, 0.15) is 31.8 Å². The lowest BCUT2D eigenvalue weighted by Crippen LogP contribution is -2.32. The predicted molar refractivity (Wildman–Crippen MR) is 128 cm³/mol. The fraction of sp³-hybridized carbons (Fsp3) is 0.111. The maximum atomic E-state index is 13.5. The van der Waals surface area contributed by atoms with Crippen molar-refractivity contribution in [2.24, 2.45) is 0 Å². The molecule has 0 radical (unpaired) electrons. The van der Waals surface area contributed by atoms with Crippen LogP contribution >= 0.6 is 0 Å². The summed E-state index contributed by atoms with van der Waals surface area (Å²) in [6.45, 7) is 2.43. The molecule has 0 saturated carbocycles. The Balaban J connectivity index is 1.39. The van der Waals surface area contributed by atoms with Gasteiger partial charge in [-0.15, -0.1) is 0 Å². The van der Waals surface area contributed by atoms with Crippen LogP contribution in [0.15, 0.2) is 85.3 Å². The Labute approximate surface area is 191 Å². The second-order valence-corrected chi connectivity index (χ2v) is 7.97. The van der Waals surface area contributed by atoms with E-state index < -0.39 is 0 Å². The first kappa shape index (κ1) is 20.6. The number of aromatic nitrogens is 2. The van der Waals surface area contributed by atoms with Crippen molar-refractivity contribution in [3.8, 4) is 11.3 Å². The zero-order valence-corrected chi connectivity index (χ0v) is 18.2. The number of amides is 2. The highest BCUT2D eigenvalue weighted by Crippen LogP contribution is 2.35. The lowest BCUT2D eigenvalue weighted by Gasteiger charge is -2.23. The van der Waals surface area contributed by atoms with Gasteiger partial charge in [0.15, 0.2) is 0 Å². The third kappa shape index (κ3) is 3.99. The van der Waals surface area contributed by atoms with Gasteiger partial charge in [-0.2, -0.15) is 0 Å². The molecule has 0 bridgehead atoms. The fourth-order valence-corrected chi connectivity index (χ4v) is 4.13. The van der Waals surface area contributed by atoms with Crippen molar-refractivity contribution in [3.63, 3.8) is 0 Å². The molecule has 0 atom stereocenters. The normalized spacial score (nSPS) is 12.3. The van der Waals surface area contributed by atoms with Crippen LogP contribution in [0.25, 0.3) is 11.3 Å². The zero-order valence-electron chi connectivity index (χ0n) is 18.2. The molecule has 3 aromatic carbocycles. The molecule has 33 heavy (non-hydrogen) atoms. The lowest BCUT2D eigenvalue weighted by atomic mass is 10.1. The molecule has 0 fully saturated rings. The summed E-state index contributed by atoms with van der Waals surface area (Å²) in [6.07, 6.45) is 4.03. The molecule has 2 heterocycles. The highest BCUT2D eigenvalue weighted by Gasteiger charge is 2.25. The van der Waals surface area contributed by atoms with E-state index >= 15 is 0 Å². The Morgan fingerprint density at radius 1 is 0.939 bits per heavy atom. The number of fused-ring (bicyclic) bond motifs is 3. The summed E-state index contributed by atoms with van der Waals surface area (Å²) in [6, 6.07) is 22.2. The third-order valence-electron chi connectivity index (χ3n) is 5.87. The van der Waals surface area contributed by atoms with Gasteiger partial charge in [-0.3, -0.25) is 9.59 Å². The quantitative estimate of drug-likeness (QED) is 0.497.